The van der Waals surface area contributed by atoms with Gasteiger partial charge < -0.3 is 30.9 Å². The van der Waals surface area contributed by atoms with Crippen molar-refractivity contribution in [3.8, 4) is 5.75 Å². The second-order valence-electron chi connectivity index (χ2n) is 13.0. The summed E-state index contributed by atoms with van der Waals surface area (Å²) in [5, 5.41) is 17.3. The summed E-state index contributed by atoms with van der Waals surface area (Å²) in [4.78, 5) is 25.4. The molecule has 3 rings (SSSR count). The highest BCUT2D eigenvalue weighted by Gasteiger charge is 2.46. The van der Waals surface area contributed by atoms with Crippen molar-refractivity contribution in [1.29, 1.82) is 0 Å². The Kier molecular flexibility index (Phi) is 12.4. The van der Waals surface area contributed by atoms with Crippen LogP contribution in [0.25, 0.3) is 0 Å². The van der Waals surface area contributed by atoms with Crippen LogP contribution >= 0.6 is 0 Å². The summed E-state index contributed by atoms with van der Waals surface area (Å²) in [5.74, 6) is 0.0484. The molecule has 0 unspecified atom stereocenters. The predicted octanol–water partition coefficient (Wildman–Crippen LogP) is 3.97. The van der Waals surface area contributed by atoms with Crippen molar-refractivity contribution in [2.45, 2.75) is 96.7 Å². The van der Waals surface area contributed by atoms with Gasteiger partial charge in [-0.1, -0.05) is 33.8 Å². The number of aliphatic hydroxyl groups excluding tert-OH is 1. The molecule has 0 aliphatic heterocycles. The Balaban J connectivity index is 1.53. The molecule has 1 aromatic carbocycles. The number of carbonyl (C=O) groups excluding carboxylic acids is 2. The number of rotatable bonds is 19. The van der Waals surface area contributed by atoms with E-state index in [-0.39, 0.29) is 53.2 Å². The van der Waals surface area contributed by atoms with E-state index in [9.17, 15) is 19.1 Å². The average Bonchev–Trinajstić information content (AvgIpc) is 3.85. The monoisotopic (exact) mass is 577 g/mol. The van der Waals surface area contributed by atoms with Crippen molar-refractivity contribution in [3.63, 3.8) is 0 Å². The molecule has 8 nitrogen and oxygen atoms in total. The molecule has 0 bridgehead atoms. The smallest absolute Gasteiger partial charge is 0.223 e. The van der Waals surface area contributed by atoms with Gasteiger partial charge in [-0.05, 0) is 80.4 Å². The van der Waals surface area contributed by atoms with Crippen LogP contribution < -0.4 is 21.1 Å². The third-order valence-corrected chi connectivity index (χ3v) is 8.68. The summed E-state index contributed by atoms with van der Waals surface area (Å²) in [6, 6.07) is 4.45. The highest BCUT2D eigenvalue weighted by Crippen LogP contribution is 2.38. The van der Waals surface area contributed by atoms with Crippen molar-refractivity contribution in [3.05, 3.63) is 29.6 Å². The number of ether oxygens (including phenoxy) is 2. The summed E-state index contributed by atoms with van der Waals surface area (Å²) in [7, 11) is 1.62. The molecule has 2 amide bonds. The van der Waals surface area contributed by atoms with Crippen LogP contribution in [0.5, 0.6) is 5.75 Å². The zero-order valence-corrected chi connectivity index (χ0v) is 25.6. The Morgan fingerprint density at radius 1 is 1.12 bits per heavy atom. The zero-order chi connectivity index (χ0) is 30.2. The van der Waals surface area contributed by atoms with Crippen molar-refractivity contribution in [2.75, 3.05) is 26.9 Å². The first-order valence-corrected chi connectivity index (χ1v) is 15.4. The first-order valence-electron chi connectivity index (χ1n) is 15.4. The fourth-order valence-electron chi connectivity index (χ4n) is 5.28. The molecule has 0 aromatic heterocycles. The van der Waals surface area contributed by atoms with Gasteiger partial charge in [0.1, 0.15) is 0 Å². The minimum Gasteiger partial charge on any atom is -0.490 e. The van der Waals surface area contributed by atoms with Crippen molar-refractivity contribution in [1.82, 2.24) is 10.6 Å². The van der Waals surface area contributed by atoms with Gasteiger partial charge in [0.15, 0.2) is 11.6 Å². The van der Waals surface area contributed by atoms with Gasteiger partial charge in [-0.3, -0.25) is 9.59 Å². The summed E-state index contributed by atoms with van der Waals surface area (Å²) in [6.07, 6.45) is 5.00. The highest BCUT2D eigenvalue weighted by atomic mass is 19.1. The molecule has 9 heteroatoms. The topological polar surface area (TPSA) is 123 Å². The van der Waals surface area contributed by atoms with Crippen molar-refractivity contribution >= 4 is 11.8 Å². The standard InChI is InChI=1S/C32H52FN3O5/c1-20(2)24(15-22-7-10-26(33)29(16-22)41-14-6-13-40-5)17-27(34)28(37)18-25(21(3)4)31(39)35-19-32(11-12-32)36-30(38)23-8-9-23/h7,10,16,20-21,23-25,27-28,37H,6,8-9,11-15,17-19,34H2,1-5H3,(H,35,39)(H,36,38)/t24-,25-,27-,28-/m0/s1. The normalized spacial score (nSPS) is 19.0. The van der Waals surface area contributed by atoms with E-state index in [0.717, 1.165) is 31.2 Å². The van der Waals surface area contributed by atoms with Gasteiger partial charge >= 0.3 is 0 Å². The van der Waals surface area contributed by atoms with Crippen LogP contribution in [0.2, 0.25) is 0 Å². The van der Waals surface area contributed by atoms with E-state index in [1.54, 1.807) is 19.2 Å². The van der Waals surface area contributed by atoms with Crippen LogP contribution in [-0.2, 0) is 20.7 Å². The Hall–Kier alpha value is -2.23. The SMILES string of the molecule is COCCCOc1cc(C[C@@H](C[C@H](N)[C@@H](O)C[C@H](C(=O)NCC2(NC(=O)C3CC3)CC2)C(C)C)C(C)C)ccc1F. The van der Waals surface area contributed by atoms with E-state index in [4.69, 9.17) is 15.2 Å². The van der Waals surface area contributed by atoms with E-state index in [1.165, 1.54) is 6.07 Å². The number of carbonyl (C=O) groups is 2. The summed E-state index contributed by atoms with van der Waals surface area (Å²) in [5.41, 5.74) is 7.16. The summed E-state index contributed by atoms with van der Waals surface area (Å²) in [6.45, 7) is 9.54. The lowest BCUT2D eigenvalue weighted by Crippen LogP contribution is -2.49. The van der Waals surface area contributed by atoms with Gasteiger partial charge in [-0.25, -0.2) is 4.39 Å². The van der Waals surface area contributed by atoms with Crippen molar-refractivity contribution in [2.24, 2.45) is 35.3 Å². The molecule has 41 heavy (non-hydrogen) atoms. The first-order chi connectivity index (χ1) is 19.4. The number of nitrogens with one attached hydrogen (secondary N) is 2. The molecule has 5 N–H and O–H groups in total. The molecule has 0 spiro atoms. The van der Waals surface area contributed by atoms with Crippen LogP contribution in [0.4, 0.5) is 4.39 Å². The fraction of sp³-hybridized carbons (Fsp3) is 0.750. The van der Waals surface area contributed by atoms with Gasteiger partial charge in [0, 0.05) is 44.6 Å². The summed E-state index contributed by atoms with van der Waals surface area (Å²) < 4.78 is 24.9. The fourth-order valence-corrected chi connectivity index (χ4v) is 5.28. The minimum atomic E-state index is -0.841. The van der Waals surface area contributed by atoms with Gasteiger partial charge in [-0.2, -0.15) is 0 Å². The number of hydrogen-bond donors (Lipinski definition) is 4. The van der Waals surface area contributed by atoms with Crippen LogP contribution in [0.15, 0.2) is 18.2 Å². The lowest BCUT2D eigenvalue weighted by molar-refractivity contribution is -0.128. The second-order valence-corrected chi connectivity index (χ2v) is 13.0. The molecule has 232 valence electrons. The first kappa shape index (κ1) is 33.3. The third kappa shape index (κ3) is 10.5. The lowest BCUT2D eigenvalue weighted by Gasteiger charge is -2.30. The number of halogens is 1. The number of methoxy groups -OCH3 is 1. The van der Waals surface area contributed by atoms with Gasteiger partial charge in [-0.15, -0.1) is 0 Å². The van der Waals surface area contributed by atoms with Crippen LogP contribution in [0.1, 0.15) is 78.2 Å². The molecule has 2 saturated carbocycles. The van der Waals surface area contributed by atoms with E-state index < -0.39 is 23.9 Å². The Morgan fingerprint density at radius 2 is 1.83 bits per heavy atom. The maximum Gasteiger partial charge on any atom is 0.223 e. The molecular weight excluding hydrogens is 525 g/mol. The molecule has 2 aliphatic carbocycles. The van der Waals surface area contributed by atoms with E-state index in [0.29, 0.717) is 39.0 Å². The van der Waals surface area contributed by atoms with Crippen LogP contribution in [0, 0.1) is 35.4 Å². The molecule has 0 heterocycles. The minimum absolute atomic E-state index is 0.0236. The maximum absolute atomic E-state index is 14.3. The van der Waals surface area contributed by atoms with E-state index in [2.05, 4.69) is 24.5 Å². The Morgan fingerprint density at radius 3 is 2.41 bits per heavy atom. The third-order valence-electron chi connectivity index (χ3n) is 8.68. The quantitative estimate of drug-likeness (QED) is 0.185. The van der Waals surface area contributed by atoms with Crippen LogP contribution in [0.3, 0.4) is 0 Å². The van der Waals surface area contributed by atoms with Gasteiger partial charge in [0.05, 0.1) is 18.2 Å². The van der Waals surface area contributed by atoms with Crippen molar-refractivity contribution < 1.29 is 28.6 Å². The number of benzene rings is 1. The molecule has 1 aromatic rings. The molecular formula is C32H52FN3O5. The van der Waals surface area contributed by atoms with E-state index in [1.807, 2.05) is 13.8 Å². The summed E-state index contributed by atoms with van der Waals surface area (Å²) >= 11 is 0. The molecule has 2 aliphatic rings. The Bertz CT molecular complexity index is 996. The van der Waals surface area contributed by atoms with Crippen LogP contribution in [-0.4, -0.2) is 61.5 Å². The highest BCUT2D eigenvalue weighted by molar-refractivity contribution is 5.82. The average molecular weight is 578 g/mol. The zero-order valence-electron chi connectivity index (χ0n) is 25.6. The van der Waals surface area contributed by atoms with Gasteiger partial charge in [0.2, 0.25) is 11.8 Å². The lowest BCUT2D eigenvalue weighted by atomic mass is 9.81. The predicted molar refractivity (Wildman–Crippen MR) is 158 cm³/mol. The molecule has 0 radical (unpaired) electrons. The molecule has 2 fully saturated rings. The molecule has 4 atom stereocenters. The second kappa shape index (κ2) is 15.3. The maximum atomic E-state index is 14.3. The number of nitrogens with two attached hydrogens (primary N) is 1. The number of amides is 2. The number of hydrogen-bond acceptors (Lipinski definition) is 6. The molecule has 0 saturated heterocycles. The largest absolute Gasteiger partial charge is 0.490 e. The Labute approximate surface area is 245 Å². The van der Waals surface area contributed by atoms with E-state index >= 15 is 0 Å². The number of aliphatic hydroxyl groups is 1. The van der Waals surface area contributed by atoms with Gasteiger partial charge in [0.25, 0.3) is 0 Å².